The van der Waals surface area contributed by atoms with E-state index in [0.717, 1.165) is 0 Å². The standard InChI is InChI=1S/C6H19NSi2/c1-5-7(6-2)9(4)8-3/h9H,5-6,8H2,1-4H3. The van der Waals surface area contributed by atoms with Crippen molar-refractivity contribution >= 4 is 17.5 Å². The second kappa shape index (κ2) is 5.20. The van der Waals surface area contributed by atoms with Crippen LogP contribution in [-0.2, 0) is 0 Å². The molecule has 56 valence electrons. The fraction of sp³-hybridized carbons (Fsp3) is 1.00. The zero-order valence-electron chi connectivity index (χ0n) is 7.15. The van der Waals surface area contributed by atoms with Crippen molar-refractivity contribution in [2.45, 2.75) is 26.9 Å². The smallest absolute Gasteiger partial charge is 0.0918 e. The number of hydrogen-bond acceptors (Lipinski definition) is 1. The molecule has 1 nitrogen and oxygen atoms in total. The summed E-state index contributed by atoms with van der Waals surface area (Å²) >= 11 is 0. The summed E-state index contributed by atoms with van der Waals surface area (Å²) in [6, 6.07) is 0. The van der Waals surface area contributed by atoms with Gasteiger partial charge >= 0.3 is 0 Å². The van der Waals surface area contributed by atoms with E-state index >= 15 is 0 Å². The molecule has 0 heterocycles. The van der Waals surface area contributed by atoms with Crippen molar-refractivity contribution in [3.63, 3.8) is 0 Å². The van der Waals surface area contributed by atoms with Crippen LogP contribution in [0.4, 0.5) is 0 Å². The van der Waals surface area contributed by atoms with E-state index in [2.05, 4.69) is 31.5 Å². The molecule has 0 spiro atoms. The average Bonchev–Trinajstić information content (AvgIpc) is 1.90. The van der Waals surface area contributed by atoms with E-state index < -0.39 is 0 Å². The molecule has 0 aliphatic heterocycles. The summed E-state index contributed by atoms with van der Waals surface area (Å²) in [6.45, 7) is 12.0. The molecule has 0 rings (SSSR count). The van der Waals surface area contributed by atoms with Crippen molar-refractivity contribution in [2.75, 3.05) is 13.1 Å². The third-order valence-corrected chi connectivity index (χ3v) is 10.3. The minimum absolute atomic E-state index is 0.324. The van der Waals surface area contributed by atoms with Crippen molar-refractivity contribution in [1.29, 1.82) is 0 Å². The van der Waals surface area contributed by atoms with Gasteiger partial charge in [-0.1, -0.05) is 26.9 Å². The molecule has 0 radical (unpaired) electrons. The van der Waals surface area contributed by atoms with Gasteiger partial charge in [0.2, 0.25) is 0 Å². The van der Waals surface area contributed by atoms with E-state index in [9.17, 15) is 0 Å². The van der Waals surface area contributed by atoms with Gasteiger partial charge in [0.25, 0.3) is 0 Å². The Morgan fingerprint density at radius 1 is 1.33 bits per heavy atom. The first-order valence-electron chi connectivity index (χ1n) is 4.00. The van der Waals surface area contributed by atoms with Crippen LogP contribution >= 0.6 is 0 Å². The largest absolute Gasteiger partial charge is 0.330 e. The van der Waals surface area contributed by atoms with Crippen molar-refractivity contribution < 1.29 is 0 Å². The van der Waals surface area contributed by atoms with Crippen LogP contribution in [0.15, 0.2) is 0 Å². The van der Waals surface area contributed by atoms with Gasteiger partial charge in [-0.05, 0) is 13.1 Å². The molecule has 9 heavy (non-hydrogen) atoms. The number of rotatable bonds is 4. The highest BCUT2D eigenvalue weighted by molar-refractivity contribution is 7.09. The molecule has 0 aliphatic rings. The third-order valence-electron chi connectivity index (χ3n) is 2.03. The van der Waals surface area contributed by atoms with Gasteiger partial charge in [0, 0.05) is 9.04 Å². The van der Waals surface area contributed by atoms with E-state index in [0.29, 0.717) is 9.04 Å². The lowest BCUT2D eigenvalue weighted by Crippen LogP contribution is -2.40. The summed E-state index contributed by atoms with van der Waals surface area (Å²) in [5.74, 6) is 0. The second-order valence-corrected chi connectivity index (χ2v) is 11.7. The maximum Gasteiger partial charge on any atom is 0.0918 e. The Kier molecular flexibility index (Phi) is 5.43. The maximum atomic E-state index is 2.67. The number of nitrogens with zero attached hydrogens (tertiary/aromatic N) is 1. The molecule has 3 heteroatoms. The predicted molar refractivity (Wildman–Crippen MR) is 50.3 cm³/mol. The Balaban J connectivity index is 3.50. The summed E-state index contributed by atoms with van der Waals surface area (Å²) in [7, 11) is 0.00969. The highest BCUT2D eigenvalue weighted by Crippen LogP contribution is 1.90. The van der Waals surface area contributed by atoms with Crippen LogP contribution in [0, 0.1) is 0 Å². The SMILES string of the molecule is CCN(CC)[SiH](C)[SiH2]C. The first kappa shape index (κ1) is 9.39. The minimum atomic E-state index is -0.324. The fourth-order valence-electron chi connectivity index (χ4n) is 1.11. The van der Waals surface area contributed by atoms with Crippen LogP contribution in [0.2, 0.25) is 13.1 Å². The van der Waals surface area contributed by atoms with Crippen molar-refractivity contribution in [3.8, 4) is 0 Å². The molecular formula is C6H19NSi2. The van der Waals surface area contributed by atoms with Gasteiger partial charge in [0.1, 0.15) is 0 Å². The molecule has 0 saturated heterocycles. The molecule has 0 fully saturated rings. The Labute approximate surface area is 62.7 Å². The predicted octanol–water partition coefficient (Wildman–Crippen LogP) is 0.395. The van der Waals surface area contributed by atoms with E-state index in [1.807, 2.05) is 0 Å². The Hall–Kier alpha value is 0.394. The van der Waals surface area contributed by atoms with Gasteiger partial charge < -0.3 is 4.57 Å². The summed E-state index contributed by atoms with van der Waals surface area (Å²) in [4.78, 5) is 0. The lowest BCUT2D eigenvalue weighted by Gasteiger charge is -2.23. The van der Waals surface area contributed by atoms with Crippen molar-refractivity contribution in [3.05, 3.63) is 0 Å². The minimum Gasteiger partial charge on any atom is -0.330 e. The molecule has 0 bridgehead atoms. The van der Waals surface area contributed by atoms with Gasteiger partial charge in [-0.25, -0.2) is 0 Å². The molecule has 0 N–H and O–H groups in total. The van der Waals surface area contributed by atoms with Gasteiger partial charge in [-0.3, -0.25) is 0 Å². The first-order chi connectivity index (χ1) is 4.26. The van der Waals surface area contributed by atoms with E-state index in [1.54, 1.807) is 0 Å². The van der Waals surface area contributed by atoms with Gasteiger partial charge in [-0.15, -0.1) is 0 Å². The second-order valence-electron chi connectivity index (χ2n) is 2.48. The van der Waals surface area contributed by atoms with Crippen LogP contribution in [0.1, 0.15) is 13.8 Å². The van der Waals surface area contributed by atoms with E-state index in [4.69, 9.17) is 0 Å². The zero-order valence-corrected chi connectivity index (χ0v) is 9.71. The molecule has 0 aromatic rings. The summed E-state index contributed by atoms with van der Waals surface area (Å²) < 4.78 is 2.67. The molecule has 1 unspecified atom stereocenters. The van der Waals surface area contributed by atoms with Crippen LogP contribution in [0.25, 0.3) is 0 Å². The van der Waals surface area contributed by atoms with Gasteiger partial charge in [-0.2, -0.15) is 0 Å². The van der Waals surface area contributed by atoms with Crippen LogP contribution in [0.5, 0.6) is 0 Å². The maximum absolute atomic E-state index is 2.67. The lowest BCUT2D eigenvalue weighted by molar-refractivity contribution is 0.491. The molecular weight excluding hydrogens is 142 g/mol. The average molecular weight is 161 g/mol. The van der Waals surface area contributed by atoms with Crippen molar-refractivity contribution in [2.24, 2.45) is 0 Å². The highest BCUT2D eigenvalue weighted by atomic mass is 29.2. The Bertz CT molecular complexity index is 64.1. The quantitative estimate of drug-likeness (QED) is 0.540. The molecule has 0 aromatic heterocycles. The Morgan fingerprint density at radius 3 is 1.89 bits per heavy atom. The van der Waals surface area contributed by atoms with Crippen LogP contribution < -0.4 is 0 Å². The molecule has 0 aromatic carbocycles. The normalized spacial score (nSPS) is 15.7. The summed E-state index contributed by atoms with van der Waals surface area (Å²) in [5.41, 5.74) is 0. The van der Waals surface area contributed by atoms with Crippen LogP contribution in [0.3, 0.4) is 0 Å². The Morgan fingerprint density at radius 2 is 1.78 bits per heavy atom. The van der Waals surface area contributed by atoms with E-state index in [-0.39, 0.29) is 8.48 Å². The molecule has 0 saturated carbocycles. The van der Waals surface area contributed by atoms with Crippen LogP contribution in [-0.4, -0.2) is 35.2 Å². The monoisotopic (exact) mass is 161 g/mol. The fourth-order valence-corrected chi connectivity index (χ4v) is 5.97. The molecule has 1 atom stereocenters. The van der Waals surface area contributed by atoms with Gasteiger partial charge in [0.05, 0.1) is 8.48 Å². The zero-order chi connectivity index (χ0) is 7.28. The summed E-state index contributed by atoms with van der Waals surface area (Å²) in [5, 5.41) is 0. The molecule has 0 aliphatic carbocycles. The first-order valence-corrected chi connectivity index (χ1v) is 10.3. The van der Waals surface area contributed by atoms with E-state index in [1.165, 1.54) is 13.1 Å². The number of hydrogen-bond donors (Lipinski definition) is 0. The van der Waals surface area contributed by atoms with Crippen molar-refractivity contribution in [1.82, 2.24) is 4.57 Å². The topological polar surface area (TPSA) is 3.24 Å². The molecule has 0 amide bonds. The van der Waals surface area contributed by atoms with Gasteiger partial charge in [0.15, 0.2) is 0 Å². The lowest BCUT2D eigenvalue weighted by atomic mass is 10.7. The third kappa shape index (κ3) is 3.18. The summed E-state index contributed by atoms with van der Waals surface area (Å²) in [6.07, 6.45) is 0. The highest BCUT2D eigenvalue weighted by Gasteiger charge is 2.07.